The van der Waals surface area contributed by atoms with Gasteiger partial charge in [0.2, 0.25) is 5.91 Å². The van der Waals surface area contributed by atoms with Crippen LogP contribution in [0.1, 0.15) is 5.56 Å². The summed E-state index contributed by atoms with van der Waals surface area (Å²) in [5.74, 6) is -0.451. The zero-order valence-electron chi connectivity index (χ0n) is 10.1. The fraction of sp³-hybridized carbons (Fsp3) is 0.417. The summed E-state index contributed by atoms with van der Waals surface area (Å²) in [4.78, 5) is 11.8. The van der Waals surface area contributed by atoms with Crippen LogP contribution in [0.25, 0.3) is 0 Å². The first kappa shape index (κ1) is 16.4. The Labute approximate surface area is 125 Å². The lowest BCUT2D eigenvalue weighted by Crippen LogP contribution is -2.51. The number of morpholine rings is 1. The average Bonchev–Trinajstić information content (AvgIpc) is 2.40. The fourth-order valence-electron chi connectivity index (χ4n) is 1.72. The first-order valence-electron chi connectivity index (χ1n) is 5.69. The number of rotatable bonds is 3. The number of amides is 1. The highest BCUT2D eigenvalue weighted by Gasteiger charge is 2.20. The molecule has 1 atom stereocenters. The number of benzene rings is 1. The van der Waals surface area contributed by atoms with E-state index in [0.717, 1.165) is 4.47 Å². The largest absolute Gasteiger partial charge is 0.378 e. The molecule has 0 aliphatic carbocycles. The normalized spacial score (nSPS) is 18.5. The monoisotopic (exact) mass is 352 g/mol. The molecular weight excluding hydrogens is 338 g/mol. The molecule has 1 aliphatic heterocycles. The molecule has 19 heavy (non-hydrogen) atoms. The van der Waals surface area contributed by atoms with E-state index in [1.807, 2.05) is 0 Å². The maximum atomic E-state index is 13.1. The van der Waals surface area contributed by atoms with Crippen LogP contribution in [0.15, 0.2) is 22.7 Å². The van der Waals surface area contributed by atoms with Gasteiger partial charge in [-0.3, -0.25) is 4.79 Å². The summed E-state index contributed by atoms with van der Waals surface area (Å²) in [6.07, 6.45) is 0. The first-order valence-corrected chi connectivity index (χ1v) is 6.49. The number of halogens is 3. The van der Waals surface area contributed by atoms with Gasteiger partial charge in [-0.05, 0) is 23.8 Å². The summed E-state index contributed by atoms with van der Waals surface area (Å²) in [5, 5.41) is 5.82. The van der Waals surface area contributed by atoms with Crippen molar-refractivity contribution in [2.24, 2.45) is 0 Å². The van der Waals surface area contributed by atoms with Crippen LogP contribution in [0.2, 0.25) is 0 Å². The lowest BCUT2D eigenvalue weighted by Gasteiger charge is -2.23. The Kier molecular flexibility index (Phi) is 6.71. The molecule has 7 heteroatoms. The standard InChI is InChI=1S/C12H14BrFN2O2.ClH/c13-10-2-1-9(14)5-8(10)6-16-12(17)11-7-18-4-3-15-11;/h1-2,5,11,15H,3-4,6-7H2,(H,16,17);1H. The maximum Gasteiger partial charge on any atom is 0.239 e. The van der Waals surface area contributed by atoms with E-state index in [9.17, 15) is 9.18 Å². The van der Waals surface area contributed by atoms with Crippen molar-refractivity contribution in [1.82, 2.24) is 10.6 Å². The lowest BCUT2D eigenvalue weighted by atomic mass is 10.2. The minimum atomic E-state index is -0.328. The number of hydrogen-bond donors (Lipinski definition) is 2. The van der Waals surface area contributed by atoms with Crippen molar-refractivity contribution in [3.63, 3.8) is 0 Å². The van der Waals surface area contributed by atoms with E-state index in [2.05, 4.69) is 26.6 Å². The summed E-state index contributed by atoms with van der Waals surface area (Å²) >= 11 is 3.32. The van der Waals surface area contributed by atoms with Crippen molar-refractivity contribution in [2.45, 2.75) is 12.6 Å². The van der Waals surface area contributed by atoms with Crippen molar-refractivity contribution in [2.75, 3.05) is 19.8 Å². The van der Waals surface area contributed by atoms with Gasteiger partial charge >= 0.3 is 0 Å². The van der Waals surface area contributed by atoms with Crippen LogP contribution < -0.4 is 10.6 Å². The van der Waals surface area contributed by atoms with E-state index < -0.39 is 0 Å². The zero-order chi connectivity index (χ0) is 13.0. The van der Waals surface area contributed by atoms with Gasteiger partial charge in [-0.15, -0.1) is 12.4 Å². The van der Waals surface area contributed by atoms with Crippen LogP contribution in [0.5, 0.6) is 0 Å². The van der Waals surface area contributed by atoms with Gasteiger partial charge in [-0.25, -0.2) is 4.39 Å². The molecule has 1 unspecified atom stereocenters. The summed E-state index contributed by atoms with van der Waals surface area (Å²) in [5.41, 5.74) is 0.708. The van der Waals surface area contributed by atoms with Gasteiger partial charge < -0.3 is 15.4 Å². The topological polar surface area (TPSA) is 50.4 Å². The molecule has 0 spiro atoms. The second-order valence-corrected chi connectivity index (χ2v) is 4.89. The second-order valence-electron chi connectivity index (χ2n) is 4.04. The molecule has 0 saturated carbocycles. The third-order valence-corrected chi connectivity index (χ3v) is 3.47. The van der Waals surface area contributed by atoms with E-state index in [0.29, 0.717) is 25.3 Å². The molecule has 1 aliphatic rings. The summed E-state index contributed by atoms with van der Waals surface area (Å²) < 4.78 is 19.0. The van der Waals surface area contributed by atoms with Gasteiger partial charge in [0, 0.05) is 17.6 Å². The van der Waals surface area contributed by atoms with Gasteiger partial charge in [0.05, 0.1) is 13.2 Å². The summed E-state index contributed by atoms with van der Waals surface area (Å²) in [6.45, 7) is 1.95. The molecule has 1 aromatic rings. The molecule has 1 saturated heterocycles. The van der Waals surface area contributed by atoms with Crippen molar-refractivity contribution in [3.05, 3.63) is 34.1 Å². The van der Waals surface area contributed by atoms with Gasteiger partial charge in [0.15, 0.2) is 0 Å². The van der Waals surface area contributed by atoms with E-state index in [1.54, 1.807) is 6.07 Å². The number of carbonyl (C=O) groups is 1. The molecule has 1 heterocycles. The second kappa shape index (κ2) is 7.79. The molecule has 1 fully saturated rings. The third kappa shape index (κ3) is 4.72. The van der Waals surface area contributed by atoms with Crippen molar-refractivity contribution < 1.29 is 13.9 Å². The van der Waals surface area contributed by atoms with E-state index in [4.69, 9.17) is 4.74 Å². The minimum absolute atomic E-state index is 0. The molecule has 0 aromatic heterocycles. The molecule has 2 rings (SSSR count). The third-order valence-electron chi connectivity index (χ3n) is 2.70. The maximum absolute atomic E-state index is 13.1. The van der Waals surface area contributed by atoms with Crippen LogP contribution in [-0.4, -0.2) is 31.7 Å². The van der Waals surface area contributed by atoms with Crippen LogP contribution in [0.4, 0.5) is 4.39 Å². The summed E-state index contributed by atoms with van der Waals surface area (Å²) in [7, 11) is 0. The Morgan fingerprint density at radius 1 is 1.58 bits per heavy atom. The number of ether oxygens (including phenoxy) is 1. The van der Waals surface area contributed by atoms with E-state index >= 15 is 0 Å². The van der Waals surface area contributed by atoms with Crippen LogP contribution in [-0.2, 0) is 16.1 Å². The SMILES string of the molecule is Cl.O=C(NCc1cc(F)ccc1Br)C1COCCN1. The predicted molar refractivity (Wildman–Crippen MR) is 75.8 cm³/mol. The molecule has 4 nitrogen and oxygen atoms in total. The van der Waals surface area contributed by atoms with Crippen molar-refractivity contribution >= 4 is 34.2 Å². The Morgan fingerprint density at radius 3 is 3.05 bits per heavy atom. The highest BCUT2D eigenvalue weighted by atomic mass is 79.9. The molecule has 106 valence electrons. The van der Waals surface area contributed by atoms with Gasteiger partial charge in [0.1, 0.15) is 11.9 Å². The highest BCUT2D eigenvalue weighted by Crippen LogP contribution is 2.17. The predicted octanol–water partition coefficient (Wildman–Crippen LogP) is 1.61. The van der Waals surface area contributed by atoms with Gasteiger partial charge in [0.25, 0.3) is 0 Å². The number of hydrogen-bond acceptors (Lipinski definition) is 3. The molecule has 0 bridgehead atoms. The quantitative estimate of drug-likeness (QED) is 0.868. The van der Waals surface area contributed by atoms with Crippen molar-refractivity contribution in [1.29, 1.82) is 0 Å². The molecule has 2 N–H and O–H groups in total. The Morgan fingerprint density at radius 2 is 2.37 bits per heavy atom. The van der Waals surface area contributed by atoms with Crippen LogP contribution in [0.3, 0.4) is 0 Å². The highest BCUT2D eigenvalue weighted by molar-refractivity contribution is 9.10. The van der Waals surface area contributed by atoms with E-state index in [-0.39, 0.29) is 36.7 Å². The minimum Gasteiger partial charge on any atom is -0.378 e. The lowest BCUT2D eigenvalue weighted by molar-refractivity contribution is -0.126. The van der Waals surface area contributed by atoms with Gasteiger partial charge in [-0.2, -0.15) is 0 Å². The zero-order valence-corrected chi connectivity index (χ0v) is 12.5. The average molecular weight is 354 g/mol. The fourth-order valence-corrected chi connectivity index (χ4v) is 2.10. The van der Waals surface area contributed by atoms with Gasteiger partial charge in [-0.1, -0.05) is 15.9 Å². The summed E-state index contributed by atoms with van der Waals surface area (Å²) in [6, 6.07) is 4.06. The van der Waals surface area contributed by atoms with Crippen LogP contribution in [0, 0.1) is 5.82 Å². The molecule has 1 aromatic carbocycles. The Bertz CT molecular complexity index is 442. The Hall–Kier alpha value is -0.690. The molecular formula is C12H15BrClFN2O2. The van der Waals surface area contributed by atoms with Crippen molar-refractivity contribution in [3.8, 4) is 0 Å². The van der Waals surface area contributed by atoms with Crippen LogP contribution >= 0.6 is 28.3 Å². The van der Waals surface area contributed by atoms with E-state index in [1.165, 1.54) is 12.1 Å². The number of nitrogens with one attached hydrogen (secondary N) is 2. The molecule has 1 amide bonds. The molecule has 0 radical (unpaired) electrons. The number of carbonyl (C=O) groups excluding carboxylic acids is 1. The smallest absolute Gasteiger partial charge is 0.239 e. The Balaban J connectivity index is 0.00000180. The first-order chi connectivity index (χ1) is 8.66.